The fraction of sp³-hybridized carbons (Fsp3) is 0.308. The van der Waals surface area contributed by atoms with E-state index in [2.05, 4.69) is 15.0 Å². The topological polar surface area (TPSA) is 154 Å². The van der Waals surface area contributed by atoms with E-state index in [1.165, 1.54) is 34.9 Å². The Balaban J connectivity index is 0.000000926. The van der Waals surface area contributed by atoms with Crippen LogP contribution in [0.1, 0.15) is 60.8 Å². The van der Waals surface area contributed by atoms with Crippen molar-refractivity contribution < 1.29 is 21.8 Å². The second-order valence-corrected chi connectivity index (χ2v) is 13.0. The zero-order valence-electron chi connectivity index (χ0n) is 22.1. The van der Waals surface area contributed by atoms with Crippen molar-refractivity contribution in [2.75, 3.05) is 0 Å². The maximum atomic E-state index is 13.4. The molecule has 0 aliphatic heterocycles. The molecule has 9 nitrogen and oxygen atoms in total. The first-order chi connectivity index (χ1) is 17.4. The first kappa shape index (κ1) is 31.2. The molecule has 0 spiro atoms. The number of aromatic nitrogens is 1. The van der Waals surface area contributed by atoms with Crippen molar-refractivity contribution in [1.82, 2.24) is 9.29 Å². The minimum atomic E-state index is -3.67. The van der Waals surface area contributed by atoms with E-state index >= 15 is 0 Å². The van der Waals surface area contributed by atoms with Crippen molar-refractivity contribution >= 4 is 27.0 Å². The summed E-state index contributed by atoms with van der Waals surface area (Å²) < 4.78 is 48.5. The van der Waals surface area contributed by atoms with Crippen molar-refractivity contribution in [1.29, 1.82) is 0 Å². The van der Waals surface area contributed by atoms with Crippen LogP contribution in [0.5, 0.6) is 0 Å². The third-order valence-corrected chi connectivity index (χ3v) is 7.06. The van der Waals surface area contributed by atoms with Crippen LogP contribution in [-0.2, 0) is 28.2 Å². The van der Waals surface area contributed by atoms with Gasteiger partial charge in [-0.15, -0.1) is 0 Å². The Kier molecular flexibility index (Phi) is 10.0. The lowest BCUT2D eigenvalue weighted by Gasteiger charge is -2.24. The number of pyridine rings is 1. The molecule has 2 atom stereocenters. The van der Waals surface area contributed by atoms with Crippen LogP contribution in [0.25, 0.3) is 11.1 Å². The second-order valence-electron chi connectivity index (χ2n) is 9.79. The molecule has 0 unspecified atom stereocenters. The van der Waals surface area contributed by atoms with Crippen molar-refractivity contribution in [2.45, 2.75) is 45.4 Å². The summed E-state index contributed by atoms with van der Waals surface area (Å²) in [6, 6.07) is 12.0. The van der Waals surface area contributed by atoms with Crippen molar-refractivity contribution in [2.24, 2.45) is 17.3 Å². The lowest BCUT2D eigenvalue weighted by atomic mass is 9.89. The molecule has 0 aliphatic carbocycles. The van der Waals surface area contributed by atoms with E-state index in [-0.39, 0.29) is 11.3 Å². The van der Waals surface area contributed by atoms with E-state index in [0.717, 1.165) is 5.56 Å². The molecule has 1 heterocycles. The molecule has 0 aliphatic rings. The molecule has 5 N–H and O–H groups in total. The molecule has 38 heavy (non-hydrogen) atoms. The zero-order valence-corrected chi connectivity index (χ0v) is 23.7. The molecular weight excluding hydrogens is 531 g/mol. The van der Waals surface area contributed by atoms with Gasteiger partial charge in [-0.1, -0.05) is 23.8 Å². The van der Waals surface area contributed by atoms with Crippen LogP contribution >= 0.6 is 0 Å². The van der Waals surface area contributed by atoms with Crippen LogP contribution in [0.15, 0.2) is 59.5 Å². The van der Waals surface area contributed by atoms with Gasteiger partial charge in [0.2, 0.25) is 0 Å². The van der Waals surface area contributed by atoms with Gasteiger partial charge in [0.1, 0.15) is 5.82 Å². The number of ketones is 1. The molecular formula is C26H33FN4O5S2. The van der Waals surface area contributed by atoms with Crippen molar-refractivity contribution in [3.63, 3.8) is 0 Å². The highest BCUT2D eigenvalue weighted by atomic mass is 32.2. The number of nitrogens with two attached hydrogens (primary N) is 2. The minimum Gasteiger partial charge on any atom is -0.318 e. The number of nitrogens with one attached hydrogen (secondary N) is 1. The first-order valence-electron chi connectivity index (χ1n) is 11.5. The zero-order chi connectivity index (χ0) is 29.0. The van der Waals surface area contributed by atoms with Crippen molar-refractivity contribution in [3.05, 3.63) is 93.2 Å². The number of nitrogens with zero attached hydrogens (tertiary/aromatic N) is 1. The molecule has 206 valence electrons. The van der Waals surface area contributed by atoms with Crippen LogP contribution in [0.4, 0.5) is 4.39 Å². The summed E-state index contributed by atoms with van der Waals surface area (Å²) in [4.78, 5) is 25.9. The fourth-order valence-electron chi connectivity index (χ4n) is 3.46. The Bertz CT molecular complexity index is 1500. The molecule has 2 aromatic carbocycles. The lowest BCUT2D eigenvalue weighted by molar-refractivity contribution is 0.103. The van der Waals surface area contributed by atoms with Gasteiger partial charge >= 0.3 is 0 Å². The number of aryl methyl sites for hydroxylation is 2. The first-order valence-corrected chi connectivity index (χ1v) is 14.2. The van der Waals surface area contributed by atoms with Gasteiger partial charge in [0.15, 0.2) is 5.78 Å². The predicted octanol–water partition coefficient (Wildman–Crippen LogP) is 2.99. The van der Waals surface area contributed by atoms with E-state index in [0.29, 0.717) is 27.8 Å². The van der Waals surface area contributed by atoms with Gasteiger partial charge in [0.05, 0.1) is 15.7 Å². The average Bonchev–Trinajstić information content (AvgIpc) is 2.78. The van der Waals surface area contributed by atoms with E-state index in [1.807, 2.05) is 46.8 Å². The van der Waals surface area contributed by atoms with Gasteiger partial charge in [-0.25, -0.2) is 23.6 Å². The molecule has 0 saturated heterocycles. The number of hydrogen-bond donors (Lipinski definition) is 3. The molecule has 3 aromatic rings. The number of benzene rings is 2. The van der Waals surface area contributed by atoms with Gasteiger partial charge in [0, 0.05) is 42.0 Å². The summed E-state index contributed by atoms with van der Waals surface area (Å²) in [7, 11) is -3.37. The number of halogens is 1. The molecule has 3 rings (SSSR count). The molecule has 0 saturated carbocycles. The minimum absolute atomic E-state index is 0.206. The fourth-order valence-corrected chi connectivity index (χ4v) is 4.27. The average molecular weight is 565 g/mol. The smallest absolute Gasteiger partial charge is 0.271 e. The van der Waals surface area contributed by atoms with E-state index in [1.54, 1.807) is 19.3 Å². The van der Waals surface area contributed by atoms with Crippen LogP contribution < -0.4 is 20.6 Å². The van der Waals surface area contributed by atoms with E-state index in [9.17, 15) is 26.6 Å². The molecule has 0 bridgehead atoms. The molecule has 12 heteroatoms. The predicted molar refractivity (Wildman–Crippen MR) is 148 cm³/mol. The Morgan fingerprint density at radius 1 is 1.05 bits per heavy atom. The third kappa shape index (κ3) is 8.77. The maximum Gasteiger partial charge on any atom is 0.271 e. The normalized spacial score (nSPS) is 13.3. The Hall–Kier alpha value is -3.03. The van der Waals surface area contributed by atoms with E-state index < -0.39 is 37.8 Å². The molecule has 0 fully saturated rings. The quantitative estimate of drug-likeness (QED) is 0.393. The lowest BCUT2D eigenvalue weighted by Crippen LogP contribution is -2.35. The monoisotopic (exact) mass is 564 g/mol. The van der Waals surface area contributed by atoms with Crippen LogP contribution in [0.3, 0.4) is 0 Å². The van der Waals surface area contributed by atoms with Crippen molar-refractivity contribution in [3.8, 4) is 11.1 Å². The summed E-state index contributed by atoms with van der Waals surface area (Å²) >= 11 is 0. The SMILES string of the molecule is Cc1ccc(C(=O)c2ccc(F)cc2)c(-c2cn(C)c(=O)cc2[C@H](C)N[S@@](=O)C(C)(C)C)c1.NS(N)(=O)=O. The highest BCUT2D eigenvalue weighted by Gasteiger charge is 2.25. The van der Waals surface area contributed by atoms with Gasteiger partial charge in [-0.05, 0) is 70.0 Å². The summed E-state index contributed by atoms with van der Waals surface area (Å²) in [6.07, 6.45) is 1.70. The summed E-state index contributed by atoms with van der Waals surface area (Å²) in [6.45, 7) is 9.38. The number of carbonyl (C=O) groups is 1. The van der Waals surface area contributed by atoms with Gasteiger partial charge in [-0.2, -0.15) is 8.42 Å². The van der Waals surface area contributed by atoms with Gasteiger partial charge in [-0.3, -0.25) is 9.59 Å². The summed E-state index contributed by atoms with van der Waals surface area (Å²) in [5, 5.41) is 8.21. The van der Waals surface area contributed by atoms with Gasteiger partial charge < -0.3 is 4.57 Å². The number of carbonyl (C=O) groups excluding carboxylic acids is 1. The van der Waals surface area contributed by atoms with E-state index in [4.69, 9.17) is 0 Å². The van der Waals surface area contributed by atoms with Crippen LogP contribution in [0.2, 0.25) is 0 Å². The number of rotatable bonds is 6. The molecule has 1 aromatic heterocycles. The Morgan fingerprint density at radius 2 is 1.61 bits per heavy atom. The summed E-state index contributed by atoms with van der Waals surface area (Å²) in [5.74, 6) is -0.661. The Morgan fingerprint density at radius 3 is 2.13 bits per heavy atom. The van der Waals surface area contributed by atoms with Crippen LogP contribution in [0, 0.1) is 12.7 Å². The third-order valence-electron chi connectivity index (χ3n) is 5.38. The highest BCUT2D eigenvalue weighted by Crippen LogP contribution is 2.32. The Labute approximate surface area is 224 Å². The molecule has 0 radical (unpaired) electrons. The van der Waals surface area contributed by atoms with Gasteiger partial charge in [0.25, 0.3) is 15.8 Å². The summed E-state index contributed by atoms with van der Waals surface area (Å²) in [5.41, 5.74) is 3.54. The molecule has 0 amide bonds. The largest absolute Gasteiger partial charge is 0.318 e. The standard InChI is InChI=1S/C26H29FN2O3S.H4N2O2S/c1-16-7-12-20(25(31)18-8-10-19(27)11-9-18)22(13-16)23-15-29(6)24(30)14-21(23)17(2)28-33(32)26(3,4)5;1-5(2,3)4/h7-15,17,28H,1-6H3;(H4,1,2,3,4)/t17-,33-;/m0./s1. The maximum absolute atomic E-state index is 13.4. The second kappa shape index (κ2) is 12.2. The highest BCUT2D eigenvalue weighted by molar-refractivity contribution is 7.86. The number of hydrogen-bond acceptors (Lipinski definition) is 5. The van der Waals surface area contributed by atoms with Crippen LogP contribution in [-0.4, -0.2) is 27.7 Å².